The van der Waals surface area contributed by atoms with Crippen LogP contribution in [-0.2, 0) is 6.54 Å². The summed E-state index contributed by atoms with van der Waals surface area (Å²) >= 11 is 0. The quantitative estimate of drug-likeness (QED) is 0.528. The summed E-state index contributed by atoms with van der Waals surface area (Å²) in [5.41, 5.74) is 1.89. The van der Waals surface area contributed by atoms with E-state index >= 15 is 0 Å². The summed E-state index contributed by atoms with van der Waals surface area (Å²) < 4.78 is 6.13. The van der Waals surface area contributed by atoms with E-state index in [4.69, 9.17) is 9.73 Å². The van der Waals surface area contributed by atoms with Crippen molar-refractivity contribution in [2.75, 3.05) is 32.7 Å². The van der Waals surface area contributed by atoms with Crippen LogP contribution < -0.4 is 10.1 Å². The van der Waals surface area contributed by atoms with Gasteiger partial charge in [-0.15, -0.1) is 0 Å². The molecule has 1 N–H and O–H groups in total. The standard InChI is InChI=1S/C27H36N4O2/c1-2-28-27(31-19-15-25(16-20-31)33-24-9-5-3-6-10-24)29-21-22-11-13-23(14-12-22)26(32)30-17-7-4-8-18-30/h3,5-6,9-14,25H,2,4,7-8,15-21H2,1H3,(H,28,29). The van der Waals surface area contributed by atoms with Crippen LogP contribution in [0.25, 0.3) is 0 Å². The van der Waals surface area contributed by atoms with Crippen molar-refractivity contribution in [3.63, 3.8) is 0 Å². The molecule has 0 radical (unpaired) electrons. The third-order valence-corrected chi connectivity index (χ3v) is 6.38. The molecule has 6 nitrogen and oxygen atoms in total. The molecule has 4 rings (SSSR count). The number of carbonyl (C=O) groups is 1. The van der Waals surface area contributed by atoms with Crippen LogP contribution in [-0.4, -0.2) is 60.5 Å². The number of likely N-dealkylation sites (tertiary alicyclic amines) is 2. The van der Waals surface area contributed by atoms with Gasteiger partial charge in [0.15, 0.2) is 5.96 Å². The number of ether oxygens (including phenoxy) is 1. The minimum atomic E-state index is 0.152. The van der Waals surface area contributed by atoms with Crippen LogP contribution in [0.5, 0.6) is 5.75 Å². The Morgan fingerprint density at radius 1 is 0.939 bits per heavy atom. The molecule has 2 heterocycles. The highest BCUT2D eigenvalue weighted by Gasteiger charge is 2.23. The van der Waals surface area contributed by atoms with Gasteiger partial charge in [0.1, 0.15) is 11.9 Å². The Kier molecular flexibility index (Phi) is 8.23. The van der Waals surface area contributed by atoms with E-state index in [-0.39, 0.29) is 12.0 Å². The molecule has 2 fully saturated rings. The number of piperidine rings is 2. The van der Waals surface area contributed by atoms with Gasteiger partial charge in [0.2, 0.25) is 0 Å². The van der Waals surface area contributed by atoms with Crippen LogP contribution in [0.4, 0.5) is 0 Å². The number of carbonyl (C=O) groups excluding carboxylic acids is 1. The van der Waals surface area contributed by atoms with Crippen LogP contribution in [0.15, 0.2) is 59.6 Å². The molecule has 2 aromatic carbocycles. The lowest BCUT2D eigenvalue weighted by molar-refractivity contribution is 0.0724. The van der Waals surface area contributed by atoms with Gasteiger partial charge in [0, 0.05) is 51.1 Å². The van der Waals surface area contributed by atoms with Crippen molar-refractivity contribution < 1.29 is 9.53 Å². The van der Waals surface area contributed by atoms with E-state index < -0.39 is 0 Å². The summed E-state index contributed by atoms with van der Waals surface area (Å²) in [6.07, 6.45) is 5.66. The zero-order valence-corrected chi connectivity index (χ0v) is 19.7. The molecule has 0 aliphatic carbocycles. The Bertz CT molecular complexity index is 899. The minimum Gasteiger partial charge on any atom is -0.490 e. The summed E-state index contributed by atoms with van der Waals surface area (Å²) in [5, 5.41) is 3.43. The van der Waals surface area contributed by atoms with Crippen LogP contribution in [0.2, 0.25) is 0 Å². The van der Waals surface area contributed by atoms with Crippen molar-refractivity contribution in [1.82, 2.24) is 15.1 Å². The number of para-hydroxylation sites is 1. The lowest BCUT2D eigenvalue weighted by Crippen LogP contribution is -2.47. The fraction of sp³-hybridized carbons (Fsp3) is 0.481. The molecule has 2 aliphatic rings. The van der Waals surface area contributed by atoms with E-state index in [0.29, 0.717) is 6.54 Å². The van der Waals surface area contributed by atoms with Gasteiger partial charge >= 0.3 is 0 Å². The summed E-state index contributed by atoms with van der Waals surface area (Å²) in [6, 6.07) is 18.0. The number of nitrogens with zero attached hydrogens (tertiary/aromatic N) is 3. The van der Waals surface area contributed by atoms with Gasteiger partial charge in [-0.1, -0.05) is 30.3 Å². The molecule has 176 valence electrons. The molecule has 0 saturated carbocycles. The molecule has 0 aromatic heterocycles. The largest absolute Gasteiger partial charge is 0.490 e. The van der Waals surface area contributed by atoms with E-state index in [0.717, 1.165) is 81.2 Å². The Balaban J connectivity index is 1.31. The van der Waals surface area contributed by atoms with Gasteiger partial charge < -0.3 is 19.9 Å². The molecule has 1 amide bonds. The fourth-order valence-electron chi connectivity index (χ4n) is 4.50. The average Bonchev–Trinajstić information content (AvgIpc) is 2.88. The van der Waals surface area contributed by atoms with Gasteiger partial charge in [-0.05, 0) is 56.0 Å². The second-order valence-corrected chi connectivity index (χ2v) is 8.84. The third kappa shape index (κ3) is 6.50. The second-order valence-electron chi connectivity index (χ2n) is 8.84. The summed E-state index contributed by atoms with van der Waals surface area (Å²) in [7, 11) is 0. The lowest BCUT2D eigenvalue weighted by Gasteiger charge is -2.34. The van der Waals surface area contributed by atoms with Crippen LogP contribution >= 0.6 is 0 Å². The Labute approximate surface area is 197 Å². The predicted octanol–water partition coefficient (Wildman–Crippen LogP) is 4.32. The van der Waals surface area contributed by atoms with Crippen LogP contribution in [0, 0.1) is 0 Å². The Morgan fingerprint density at radius 3 is 2.30 bits per heavy atom. The van der Waals surface area contributed by atoms with Gasteiger partial charge in [-0.3, -0.25) is 4.79 Å². The molecule has 6 heteroatoms. The first kappa shape index (κ1) is 23.1. The third-order valence-electron chi connectivity index (χ3n) is 6.38. The zero-order valence-electron chi connectivity index (χ0n) is 19.7. The maximum atomic E-state index is 12.7. The summed E-state index contributed by atoms with van der Waals surface area (Å²) in [4.78, 5) is 21.9. The number of hydrogen-bond acceptors (Lipinski definition) is 3. The van der Waals surface area contributed by atoms with E-state index in [1.165, 1.54) is 6.42 Å². The highest BCUT2D eigenvalue weighted by atomic mass is 16.5. The average molecular weight is 449 g/mol. The molecule has 2 aliphatic heterocycles. The van der Waals surface area contributed by atoms with Crippen molar-refractivity contribution in [3.8, 4) is 5.75 Å². The molecule has 33 heavy (non-hydrogen) atoms. The molecule has 0 bridgehead atoms. The van der Waals surface area contributed by atoms with Crippen molar-refractivity contribution >= 4 is 11.9 Å². The highest BCUT2D eigenvalue weighted by Crippen LogP contribution is 2.19. The number of nitrogens with one attached hydrogen (secondary N) is 1. The van der Waals surface area contributed by atoms with Crippen molar-refractivity contribution in [2.45, 2.75) is 51.7 Å². The van der Waals surface area contributed by atoms with Gasteiger partial charge in [0.25, 0.3) is 5.91 Å². The Hall–Kier alpha value is -3.02. The van der Waals surface area contributed by atoms with Crippen LogP contribution in [0.1, 0.15) is 54.9 Å². The normalized spacial score (nSPS) is 17.7. The molecule has 0 spiro atoms. The molecule has 0 atom stereocenters. The number of hydrogen-bond donors (Lipinski definition) is 1. The lowest BCUT2D eigenvalue weighted by atomic mass is 10.1. The maximum absolute atomic E-state index is 12.7. The molecular weight excluding hydrogens is 412 g/mol. The van der Waals surface area contributed by atoms with Gasteiger partial charge in [-0.2, -0.15) is 0 Å². The van der Waals surface area contributed by atoms with Crippen molar-refractivity contribution in [3.05, 3.63) is 65.7 Å². The van der Waals surface area contributed by atoms with Gasteiger partial charge in [0.05, 0.1) is 6.54 Å². The van der Waals surface area contributed by atoms with Crippen molar-refractivity contribution in [2.24, 2.45) is 4.99 Å². The first-order chi connectivity index (χ1) is 16.2. The number of rotatable bonds is 6. The minimum absolute atomic E-state index is 0.152. The van der Waals surface area contributed by atoms with E-state index in [1.54, 1.807) is 0 Å². The molecule has 0 unspecified atom stereocenters. The van der Waals surface area contributed by atoms with E-state index in [1.807, 2.05) is 59.5 Å². The predicted molar refractivity (Wildman–Crippen MR) is 133 cm³/mol. The van der Waals surface area contributed by atoms with Gasteiger partial charge in [-0.25, -0.2) is 4.99 Å². The molecule has 2 aromatic rings. The van der Waals surface area contributed by atoms with E-state index in [2.05, 4.69) is 17.1 Å². The maximum Gasteiger partial charge on any atom is 0.253 e. The number of guanidine groups is 1. The van der Waals surface area contributed by atoms with Crippen molar-refractivity contribution in [1.29, 1.82) is 0 Å². The van der Waals surface area contributed by atoms with Crippen LogP contribution in [0.3, 0.4) is 0 Å². The fourth-order valence-corrected chi connectivity index (χ4v) is 4.50. The first-order valence-corrected chi connectivity index (χ1v) is 12.4. The smallest absolute Gasteiger partial charge is 0.253 e. The first-order valence-electron chi connectivity index (χ1n) is 12.4. The molecular formula is C27H36N4O2. The highest BCUT2D eigenvalue weighted by molar-refractivity contribution is 5.94. The molecule has 2 saturated heterocycles. The Morgan fingerprint density at radius 2 is 1.64 bits per heavy atom. The number of aliphatic imine (C=N–C) groups is 1. The topological polar surface area (TPSA) is 57.2 Å². The summed E-state index contributed by atoms with van der Waals surface area (Å²) in [6.45, 7) is 7.14. The number of benzene rings is 2. The monoisotopic (exact) mass is 448 g/mol. The SMILES string of the molecule is CCNC(=NCc1ccc(C(=O)N2CCCCC2)cc1)N1CCC(Oc2ccccc2)CC1. The second kappa shape index (κ2) is 11.7. The number of amides is 1. The zero-order chi connectivity index (χ0) is 22.9. The van der Waals surface area contributed by atoms with E-state index in [9.17, 15) is 4.79 Å². The summed E-state index contributed by atoms with van der Waals surface area (Å²) in [5.74, 6) is 2.04.